The van der Waals surface area contributed by atoms with E-state index >= 15 is 0 Å². The van der Waals surface area contributed by atoms with Crippen molar-refractivity contribution in [2.75, 3.05) is 6.54 Å². The first-order valence-electron chi connectivity index (χ1n) is 8.70. The van der Waals surface area contributed by atoms with E-state index in [1.165, 1.54) is 19.3 Å². The van der Waals surface area contributed by atoms with Gasteiger partial charge in [-0.15, -0.1) is 0 Å². The summed E-state index contributed by atoms with van der Waals surface area (Å²) in [4.78, 5) is 19.3. The number of H-pyrrole nitrogens is 1. The number of nitrogens with one attached hydrogen (secondary N) is 1. The predicted octanol–water partition coefficient (Wildman–Crippen LogP) is 4.20. The summed E-state index contributed by atoms with van der Waals surface area (Å²) in [5.74, 6) is 0.558. The highest BCUT2D eigenvalue weighted by atomic mass is 79.9. The van der Waals surface area contributed by atoms with Crippen LogP contribution in [0.15, 0.2) is 29.0 Å². The molecule has 3 heterocycles. The lowest BCUT2D eigenvalue weighted by molar-refractivity contribution is 0.0673. The second kappa shape index (κ2) is 6.67. The van der Waals surface area contributed by atoms with Gasteiger partial charge in [0.2, 0.25) is 0 Å². The standard InChI is InChI=1S/C18H21BrN4O/c19-15-16(13-5-6-13)21-22-17(15)18(24)23-11-3-1-2-4-14(23)12-7-9-20-10-8-12/h7-10,13-14H,1-6,11H2,(H,21,22)/t14-/m0/s1. The number of hydrogen-bond acceptors (Lipinski definition) is 3. The van der Waals surface area contributed by atoms with Crippen LogP contribution in [0.1, 0.15) is 72.2 Å². The molecular formula is C18H21BrN4O. The van der Waals surface area contributed by atoms with Crippen LogP contribution in [-0.4, -0.2) is 32.5 Å². The number of pyridine rings is 1. The first-order chi connectivity index (χ1) is 11.8. The van der Waals surface area contributed by atoms with Crippen molar-refractivity contribution in [1.29, 1.82) is 0 Å². The number of carbonyl (C=O) groups is 1. The Balaban J connectivity index is 1.65. The molecule has 4 rings (SSSR count). The summed E-state index contributed by atoms with van der Waals surface area (Å²) >= 11 is 3.60. The zero-order valence-corrected chi connectivity index (χ0v) is 15.1. The fourth-order valence-electron chi connectivity index (χ4n) is 3.55. The van der Waals surface area contributed by atoms with Gasteiger partial charge in [-0.05, 0) is 59.3 Å². The smallest absolute Gasteiger partial charge is 0.276 e. The normalized spacial score (nSPS) is 21.5. The van der Waals surface area contributed by atoms with Gasteiger partial charge in [-0.3, -0.25) is 14.9 Å². The maximum absolute atomic E-state index is 13.2. The molecule has 0 spiro atoms. The van der Waals surface area contributed by atoms with Crippen molar-refractivity contribution in [3.05, 3.63) is 46.0 Å². The number of rotatable bonds is 3. The molecule has 6 heteroatoms. The zero-order valence-electron chi connectivity index (χ0n) is 13.5. The first kappa shape index (κ1) is 15.8. The number of aromatic amines is 1. The number of hydrogen-bond donors (Lipinski definition) is 1. The number of amides is 1. The summed E-state index contributed by atoms with van der Waals surface area (Å²) in [5, 5.41) is 7.41. The van der Waals surface area contributed by atoms with Crippen LogP contribution in [0.25, 0.3) is 0 Å². The topological polar surface area (TPSA) is 61.9 Å². The summed E-state index contributed by atoms with van der Waals surface area (Å²) in [6.07, 6.45) is 10.3. The van der Waals surface area contributed by atoms with Gasteiger partial charge in [0.15, 0.2) is 5.69 Å². The van der Waals surface area contributed by atoms with Crippen molar-refractivity contribution in [3.8, 4) is 0 Å². The van der Waals surface area contributed by atoms with Gasteiger partial charge >= 0.3 is 0 Å². The van der Waals surface area contributed by atoms with Gasteiger partial charge in [0.1, 0.15) is 0 Å². The summed E-state index contributed by atoms with van der Waals surface area (Å²) in [6.45, 7) is 0.782. The fraction of sp³-hybridized carbons (Fsp3) is 0.500. The summed E-state index contributed by atoms with van der Waals surface area (Å²) < 4.78 is 0.854. The largest absolute Gasteiger partial charge is 0.330 e. The molecule has 126 valence electrons. The Bertz CT molecular complexity index is 726. The highest BCUT2D eigenvalue weighted by Gasteiger charge is 2.34. The SMILES string of the molecule is O=C(c1n[nH]c(C2CC2)c1Br)N1CCCCC[C@H]1c1ccncc1. The summed E-state index contributed by atoms with van der Waals surface area (Å²) in [7, 11) is 0. The van der Waals surface area contributed by atoms with Crippen LogP contribution in [0.2, 0.25) is 0 Å². The molecule has 0 unspecified atom stereocenters. The van der Waals surface area contributed by atoms with Gasteiger partial charge in [0.25, 0.3) is 5.91 Å². The van der Waals surface area contributed by atoms with E-state index in [1.807, 2.05) is 17.0 Å². The van der Waals surface area contributed by atoms with E-state index in [-0.39, 0.29) is 11.9 Å². The van der Waals surface area contributed by atoms with Crippen LogP contribution in [0.3, 0.4) is 0 Å². The van der Waals surface area contributed by atoms with Gasteiger partial charge in [-0.2, -0.15) is 5.10 Å². The van der Waals surface area contributed by atoms with Crippen LogP contribution < -0.4 is 0 Å². The number of likely N-dealkylation sites (tertiary alicyclic amines) is 1. The van der Waals surface area contributed by atoms with Gasteiger partial charge < -0.3 is 4.90 Å². The van der Waals surface area contributed by atoms with Gasteiger partial charge in [0.05, 0.1) is 16.2 Å². The number of halogens is 1. The average molecular weight is 389 g/mol. The molecule has 2 aromatic heterocycles. The molecule has 2 aromatic rings. The highest BCUT2D eigenvalue weighted by molar-refractivity contribution is 9.10. The maximum Gasteiger partial charge on any atom is 0.276 e. The van der Waals surface area contributed by atoms with Crippen molar-refractivity contribution in [3.63, 3.8) is 0 Å². The molecule has 0 radical (unpaired) electrons. The van der Waals surface area contributed by atoms with E-state index in [0.29, 0.717) is 11.6 Å². The first-order valence-corrected chi connectivity index (χ1v) is 9.49. The minimum absolute atomic E-state index is 0.0220. The van der Waals surface area contributed by atoms with Crippen molar-refractivity contribution in [1.82, 2.24) is 20.1 Å². The van der Waals surface area contributed by atoms with Crippen molar-refractivity contribution >= 4 is 21.8 Å². The fourth-order valence-corrected chi connectivity index (χ4v) is 4.22. The lowest BCUT2D eigenvalue weighted by Crippen LogP contribution is -2.35. The van der Waals surface area contributed by atoms with Gasteiger partial charge in [-0.1, -0.05) is 12.8 Å². The molecule has 24 heavy (non-hydrogen) atoms. The summed E-state index contributed by atoms with van der Waals surface area (Å²) in [5.41, 5.74) is 2.76. The molecule has 1 aliphatic carbocycles. The Kier molecular flexibility index (Phi) is 4.39. The van der Waals surface area contributed by atoms with Crippen molar-refractivity contribution < 1.29 is 4.79 Å². The highest BCUT2D eigenvalue weighted by Crippen LogP contribution is 2.43. The minimum atomic E-state index is 0.0220. The van der Waals surface area contributed by atoms with E-state index in [1.54, 1.807) is 12.4 Å². The Morgan fingerprint density at radius 3 is 2.71 bits per heavy atom. The second-order valence-corrected chi connectivity index (χ2v) is 7.51. The molecule has 2 aliphatic rings. The molecule has 1 saturated carbocycles. The minimum Gasteiger partial charge on any atom is -0.330 e. The van der Waals surface area contributed by atoms with E-state index in [4.69, 9.17) is 0 Å². The number of aromatic nitrogens is 3. The van der Waals surface area contributed by atoms with E-state index < -0.39 is 0 Å². The monoisotopic (exact) mass is 388 g/mol. The quantitative estimate of drug-likeness (QED) is 0.856. The number of carbonyl (C=O) groups excluding carboxylic acids is 1. The predicted molar refractivity (Wildman–Crippen MR) is 94.7 cm³/mol. The molecule has 1 atom stereocenters. The Labute approximate surface area is 150 Å². The van der Waals surface area contributed by atoms with E-state index in [2.05, 4.69) is 31.1 Å². The van der Waals surface area contributed by atoms with E-state index in [0.717, 1.165) is 41.5 Å². The molecular weight excluding hydrogens is 368 g/mol. The second-order valence-electron chi connectivity index (χ2n) is 6.72. The third-order valence-electron chi connectivity index (χ3n) is 5.03. The van der Waals surface area contributed by atoms with Crippen LogP contribution >= 0.6 is 15.9 Å². The van der Waals surface area contributed by atoms with Crippen molar-refractivity contribution in [2.24, 2.45) is 0 Å². The third kappa shape index (κ3) is 2.99. The molecule has 1 N–H and O–H groups in total. The van der Waals surface area contributed by atoms with Crippen LogP contribution in [0.5, 0.6) is 0 Å². The Hall–Kier alpha value is -1.69. The summed E-state index contributed by atoms with van der Waals surface area (Å²) in [6, 6.07) is 4.15. The van der Waals surface area contributed by atoms with Gasteiger partial charge in [0, 0.05) is 24.9 Å². The molecule has 0 aromatic carbocycles. The van der Waals surface area contributed by atoms with Gasteiger partial charge in [-0.25, -0.2) is 0 Å². The average Bonchev–Trinajstić information content (AvgIpc) is 3.41. The third-order valence-corrected chi connectivity index (χ3v) is 5.83. The molecule has 0 bridgehead atoms. The Morgan fingerprint density at radius 1 is 1.17 bits per heavy atom. The lowest BCUT2D eigenvalue weighted by atomic mass is 10.0. The molecule has 5 nitrogen and oxygen atoms in total. The molecule has 1 saturated heterocycles. The number of nitrogens with zero attached hydrogens (tertiary/aromatic N) is 3. The van der Waals surface area contributed by atoms with Crippen LogP contribution in [0.4, 0.5) is 0 Å². The molecule has 1 aliphatic heterocycles. The van der Waals surface area contributed by atoms with Crippen LogP contribution in [-0.2, 0) is 0 Å². The van der Waals surface area contributed by atoms with E-state index in [9.17, 15) is 4.79 Å². The molecule has 1 amide bonds. The Morgan fingerprint density at radius 2 is 1.96 bits per heavy atom. The lowest BCUT2D eigenvalue weighted by Gasteiger charge is -2.30. The zero-order chi connectivity index (χ0) is 16.5. The maximum atomic E-state index is 13.2. The van der Waals surface area contributed by atoms with Crippen LogP contribution in [0, 0.1) is 0 Å². The molecule has 2 fully saturated rings. The van der Waals surface area contributed by atoms with Crippen molar-refractivity contribution in [2.45, 2.75) is 50.5 Å².